The van der Waals surface area contributed by atoms with Gasteiger partial charge in [0, 0.05) is 46.0 Å². The summed E-state index contributed by atoms with van der Waals surface area (Å²) < 4.78 is 7.97. The second-order valence-corrected chi connectivity index (χ2v) is 9.13. The van der Waals surface area contributed by atoms with Crippen LogP contribution in [0.2, 0.25) is 0 Å². The third-order valence-corrected chi connectivity index (χ3v) is 6.78. The van der Waals surface area contributed by atoms with E-state index in [0.29, 0.717) is 13.2 Å². The molecule has 1 N–H and O–H groups in total. The first-order chi connectivity index (χ1) is 21.6. The second kappa shape index (κ2) is 20.9. The standard InChI is InChI=1S/C30H33N5O.4C2H6/c1-5-7-13-26-27-20(3)35(24-14-16-25(17-15-24)36-6-2)21(4)28(27)30(34-33-26)32-19-23-11-8-10-22-12-9-18-31-29(22)23;4*1-2/h8-12,14-18H,5-7,13,19H2,1-4H3,(H,32,34);4*1-2H3. The van der Waals surface area contributed by atoms with Gasteiger partial charge < -0.3 is 14.6 Å². The van der Waals surface area contributed by atoms with Gasteiger partial charge in [-0.25, -0.2) is 0 Å². The highest BCUT2D eigenvalue weighted by atomic mass is 16.5. The fourth-order valence-corrected chi connectivity index (χ4v) is 5.07. The summed E-state index contributed by atoms with van der Waals surface area (Å²) in [6.07, 6.45) is 4.97. The zero-order valence-electron chi connectivity index (χ0n) is 29.5. The highest BCUT2D eigenvalue weighted by Gasteiger charge is 2.21. The number of ether oxygens (including phenoxy) is 1. The number of nitrogens with one attached hydrogen (secondary N) is 1. The SMILES string of the molecule is CC.CC.CC.CC.CCCCc1nnc(NCc2cccc3cccnc23)c2c(C)n(-c3ccc(OCC)cc3)c(C)c12. The maximum atomic E-state index is 5.66. The Bertz CT molecular complexity index is 1500. The van der Waals surface area contributed by atoms with Crippen LogP contribution in [0.15, 0.2) is 60.8 Å². The Morgan fingerprint density at radius 1 is 0.750 bits per heavy atom. The molecule has 0 spiro atoms. The number of benzene rings is 2. The molecule has 0 unspecified atom stereocenters. The van der Waals surface area contributed by atoms with Gasteiger partial charge in [-0.05, 0) is 69.5 Å². The molecule has 0 atom stereocenters. The summed E-state index contributed by atoms with van der Waals surface area (Å²) in [6, 6.07) is 18.6. The molecule has 3 heterocycles. The maximum Gasteiger partial charge on any atom is 0.158 e. The number of nitrogens with zero attached hydrogens (tertiary/aromatic N) is 4. The first kappa shape index (κ1) is 38.1. The molecular weight excluding hydrogens is 542 g/mol. The van der Waals surface area contributed by atoms with Gasteiger partial charge >= 0.3 is 0 Å². The molecule has 44 heavy (non-hydrogen) atoms. The number of para-hydroxylation sites is 1. The lowest BCUT2D eigenvalue weighted by molar-refractivity contribution is 0.340. The van der Waals surface area contributed by atoms with Gasteiger partial charge in [-0.3, -0.25) is 4.98 Å². The summed E-state index contributed by atoms with van der Waals surface area (Å²) in [6.45, 7) is 25.8. The number of hydrogen-bond acceptors (Lipinski definition) is 5. The van der Waals surface area contributed by atoms with Crippen molar-refractivity contribution in [1.29, 1.82) is 0 Å². The lowest BCUT2D eigenvalue weighted by atomic mass is 10.1. The van der Waals surface area contributed by atoms with Crippen LogP contribution in [0.1, 0.15) is 105 Å². The Balaban J connectivity index is 0.00000112. The minimum absolute atomic E-state index is 0.624. The molecule has 2 aromatic carbocycles. The molecular formula is C38H57N5O. The van der Waals surface area contributed by atoms with Crippen molar-refractivity contribution in [2.24, 2.45) is 0 Å². The number of rotatable bonds is 9. The van der Waals surface area contributed by atoms with Crippen LogP contribution in [0.4, 0.5) is 5.82 Å². The molecule has 0 aliphatic carbocycles. The Labute approximate surface area is 267 Å². The van der Waals surface area contributed by atoms with Gasteiger partial charge in [0.25, 0.3) is 0 Å². The van der Waals surface area contributed by atoms with Crippen molar-refractivity contribution < 1.29 is 4.74 Å². The average Bonchev–Trinajstić information content (AvgIpc) is 3.37. The van der Waals surface area contributed by atoms with Crippen LogP contribution in [-0.4, -0.2) is 26.4 Å². The molecule has 0 saturated heterocycles. The van der Waals surface area contributed by atoms with Gasteiger partial charge in [-0.2, -0.15) is 5.10 Å². The molecule has 5 rings (SSSR count). The summed E-state index contributed by atoms with van der Waals surface area (Å²) in [5, 5.41) is 16.5. The minimum atomic E-state index is 0.624. The van der Waals surface area contributed by atoms with Crippen molar-refractivity contribution in [3.05, 3.63) is 83.4 Å². The van der Waals surface area contributed by atoms with E-state index in [1.807, 2.05) is 86.7 Å². The Hall–Kier alpha value is -3.93. The Morgan fingerprint density at radius 2 is 1.39 bits per heavy atom. The van der Waals surface area contributed by atoms with Gasteiger partial charge in [-0.15, -0.1) is 5.10 Å². The van der Waals surface area contributed by atoms with Crippen molar-refractivity contribution >= 4 is 27.5 Å². The molecule has 0 fully saturated rings. The van der Waals surface area contributed by atoms with E-state index in [4.69, 9.17) is 9.84 Å². The molecule has 0 saturated carbocycles. The molecule has 240 valence electrons. The normalized spacial score (nSPS) is 9.82. The summed E-state index contributed by atoms with van der Waals surface area (Å²) in [7, 11) is 0. The zero-order valence-corrected chi connectivity index (χ0v) is 29.5. The third-order valence-electron chi connectivity index (χ3n) is 6.78. The van der Waals surface area contributed by atoms with Crippen molar-refractivity contribution in [2.45, 2.75) is 109 Å². The number of pyridine rings is 1. The van der Waals surface area contributed by atoms with Gasteiger partial charge in [-0.1, -0.05) is 93.0 Å². The Morgan fingerprint density at radius 3 is 2.02 bits per heavy atom. The highest BCUT2D eigenvalue weighted by Crippen LogP contribution is 2.35. The van der Waals surface area contributed by atoms with Crippen LogP contribution in [0.25, 0.3) is 27.4 Å². The van der Waals surface area contributed by atoms with Gasteiger partial charge in [0.15, 0.2) is 5.82 Å². The topological polar surface area (TPSA) is 64.9 Å². The number of unbranched alkanes of at least 4 members (excludes halogenated alkanes) is 1. The Kier molecular flexibility index (Phi) is 18.1. The van der Waals surface area contributed by atoms with Crippen LogP contribution >= 0.6 is 0 Å². The van der Waals surface area contributed by atoms with E-state index in [-0.39, 0.29) is 0 Å². The summed E-state index contributed by atoms with van der Waals surface area (Å²) in [5.74, 6) is 1.69. The molecule has 0 amide bonds. The fourth-order valence-electron chi connectivity index (χ4n) is 5.07. The van der Waals surface area contributed by atoms with Crippen molar-refractivity contribution in [3.8, 4) is 11.4 Å². The number of anilines is 1. The van der Waals surface area contributed by atoms with Crippen LogP contribution in [-0.2, 0) is 13.0 Å². The lowest BCUT2D eigenvalue weighted by Gasteiger charge is -2.11. The van der Waals surface area contributed by atoms with Crippen LogP contribution < -0.4 is 10.1 Å². The van der Waals surface area contributed by atoms with Crippen LogP contribution in [0.5, 0.6) is 5.75 Å². The van der Waals surface area contributed by atoms with E-state index in [1.54, 1.807) is 0 Å². The predicted molar refractivity (Wildman–Crippen MR) is 193 cm³/mol. The largest absolute Gasteiger partial charge is 0.494 e. The lowest BCUT2D eigenvalue weighted by Crippen LogP contribution is -2.06. The zero-order chi connectivity index (χ0) is 33.1. The van der Waals surface area contributed by atoms with Crippen LogP contribution in [0, 0.1) is 13.8 Å². The average molecular weight is 600 g/mol. The summed E-state index contributed by atoms with van der Waals surface area (Å²) in [5.41, 5.74) is 6.65. The third kappa shape index (κ3) is 9.04. The second-order valence-electron chi connectivity index (χ2n) is 9.13. The molecule has 0 radical (unpaired) electrons. The summed E-state index contributed by atoms with van der Waals surface area (Å²) in [4.78, 5) is 4.61. The molecule has 0 aliphatic rings. The minimum Gasteiger partial charge on any atom is -0.494 e. The fraction of sp³-hybridized carbons (Fsp3) is 0.447. The van der Waals surface area contributed by atoms with E-state index in [2.05, 4.69) is 77.1 Å². The molecule has 3 aromatic heterocycles. The van der Waals surface area contributed by atoms with E-state index >= 15 is 0 Å². The molecule has 6 heteroatoms. The molecule has 0 aliphatic heterocycles. The quantitative estimate of drug-likeness (QED) is 0.183. The number of hydrogen-bond donors (Lipinski definition) is 1. The van der Waals surface area contributed by atoms with Gasteiger partial charge in [0.2, 0.25) is 0 Å². The van der Waals surface area contributed by atoms with E-state index in [0.717, 1.165) is 69.8 Å². The number of aryl methyl sites for hydroxylation is 3. The van der Waals surface area contributed by atoms with E-state index in [9.17, 15) is 0 Å². The highest BCUT2D eigenvalue weighted by molar-refractivity contribution is 5.98. The van der Waals surface area contributed by atoms with Crippen molar-refractivity contribution in [2.75, 3.05) is 11.9 Å². The molecule has 6 nitrogen and oxygen atoms in total. The number of aromatic nitrogens is 4. The van der Waals surface area contributed by atoms with Crippen molar-refractivity contribution in [1.82, 2.24) is 19.7 Å². The van der Waals surface area contributed by atoms with Gasteiger partial charge in [0.05, 0.1) is 17.8 Å². The summed E-state index contributed by atoms with van der Waals surface area (Å²) >= 11 is 0. The monoisotopic (exact) mass is 599 g/mol. The van der Waals surface area contributed by atoms with Crippen LogP contribution in [0.3, 0.4) is 0 Å². The smallest absolute Gasteiger partial charge is 0.158 e. The van der Waals surface area contributed by atoms with Crippen molar-refractivity contribution in [3.63, 3.8) is 0 Å². The number of fused-ring (bicyclic) bond motifs is 2. The first-order valence-corrected chi connectivity index (χ1v) is 16.8. The van der Waals surface area contributed by atoms with E-state index < -0.39 is 0 Å². The molecule has 5 aromatic rings. The van der Waals surface area contributed by atoms with E-state index in [1.165, 1.54) is 11.1 Å². The molecule has 0 bridgehead atoms. The first-order valence-electron chi connectivity index (χ1n) is 16.8. The maximum absolute atomic E-state index is 5.66. The van der Waals surface area contributed by atoms with Gasteiger partial charge in [0.1, 0.15) is 5.75 Å². The predicted octanol–water partition coefficient (Wildman–Crippen LogP) is 11.0.